The zero-order valence-corrected chi connectivity index (χ0v) is 16.8. The highest BCUT2D eigenvalue weighted by Crippen LogP contribution is 2.20. The van der Waals surface area contributed by atoms with Crippen molar-refractivity contribution < 1.29 is 23.9 Å². The first kappa shape index (κ1) is 22.2. The molecule has 2 amide bonds. The fourth-order valence-electron chi connectivity index (χ4n) is 3.32. The highest BCUT2D eigenvalue weighted by Gasteiger charge is 2.20. The van der Waals surface area contributed by atoms with Gasteiger partial charge in [-0.2, -0.15) is 0 Å². The molecule has 2 aromatic rings. The monoisotopic (exact) mass is 429 g/mol. The van der Waals surface area contributed by atoms with Gasteiger partial charge in [0.2, 0.25) is 5.91 Å². The average Bonchev–Trinajstić information content (AvgIpc) is 2.78. The zero-order valence-electron chi connectivity index (χ0n) is 16.8. The molecule has 4 N–H and O–H groups in total. The summed E-state index contributed by atoms with van der Waals surface area (Å²) >= 11 is 0. The summed E-state index contributed by atoms with van der Waals surface area (Å²) in [7, 11) is 0. The summed E-state index contributed by atoms with van der Waals surface area (Å²) in [5.41, 5.74) is 1.10. The van der Waals surface area contributed by atoms with E-state index in [4.69, 9.17) is 5.11 Å². The molecule has 1 saturated heterocycles. The lowest BCUT2D eigenvalue weighted by Gasteiger charge is -2.29. The highest BCUT2D eigenvalue weighted by atomic mass is 19.1. The first-order valence-corrected chi connectivity index (χ1v) is 9.88. The molecule has 0 bridgehead atoms. The SMILES string of the molecule is O=C(O)C[C@H](NC(=O)CNC(=O)c1cc(N2CCNCC2)ccc1F)c1cccnc1. The predicted octanol–water partition coefficient (Wildman–Crippen LogP) is 0.692. The normalized spacial score (nSPS) is 14.5. The largest absolute Gasteiger partial charge is 0.481 e. The summed E-state index contributed by atoms with van der Waals surface area (Å²) < 4.78 is 14.2. The molecular weight excluding hydrogens is 405 g/mol. The van der Waals surface area contributed by atoms with Crippen molar-refractivity contribution in [3.8, 4) is 0 Å². The molecule has 1 fully saturated rings. The van der Waals surface area contributed by atoms with E-state index in [1.165, 1.54) is 24.5 Å². The van der Waals surface area contributed by atoms with Crippen molar-refractivity contribution in [2.45, 2.75) is 12.5 Å². The Kier molecular flexibility index (Phi) is 7.50. The molecule has 0 aliphatic carbocycles. The molecule has 0 saturated carbocycles. The number of carboxylic acids is 1. The van der Waals surface area contributed by atoms with Crippen LogP contribution in [0, 0.1) is 5.82 Å². The van der Waals surface area contributed by atoms with Crippen LogP contribution in [0.3, 0.4) is 0 Å². The van der Waals surface area contributed by atoms with Crippen LogP contribution in [0.25, 0.3) is 0 Å². The zero-order chi connectivity index (χ0) is 22.2. The average molecular weight is 429 g/mol. The fraction of sp³-hybridized carbons (Fsp3) is 0.333. The second kappa shape index (κ2) is 10.5. The molecule has 0 radical (unpaired) electrons. The van der Waals surface area contributed by atoms with Crippen molar-refractivity contribution >= 4 is 23.5 Å². The number of nitrogens with zero attached hydrogens (tertiary/aromatic N) is 2. The molecule has 1 aromatic heterocycles. The van der Waals surface area contributed by atoms with Gasteiger partial charge in [0.05, 0.1) is 24.6 Å². The third kappa shape index (κ3) is 6.22. The van der Waals surface area contributed by atoms with E-state index in [1.807, 2.05) is 4.90 Å². The minimum Gasteiger partial charge on any atom is -0.481 e. The smallest absolute Gasteiger partial charge is 0.305 e. The minimum absolute atomic E-state index is 0.154. The first-order chi connectivity index (χ1) is 14.9. The number of aliphatic carboxylic acids is 1. The second-order valence-corrected chi connectivity index (χ2v) is 7.09. The van der Waals surface area contributed by atoms with Crippen LogP contribution in [0.1, 0.15) is 28.4 Å². The molecule has 1 aliphatic heterocycles. The maximum absolute atomic E-state index is 14.2. The molecule has 164 valence electrons. The Bertz CT molecular complexity index is 935. The van der Waals surface area contributed by atoms with Gasteiger partial charge in [-0.25, -0.2) is 4.39 Å². The van der Waals surface area contributed by atoms with E-state index in [2.05, 4.69) is 20.9 Å². The van der Waals surface area contributed by atoms with E-state index in [1.54, 1.807) is 18.2 Å². The molecule has 10 heteroatoms. The Hall–Kier alpha value is -3.53. The second-order valence-electron chi connectivity index (χ2n) is 7.09. The van der Waals surface area contributed by atoms with Crippen molar-refractivity contribution in [2.75, 3.05) is 37.6 Å². The van der Waals surface area contributed by atoms with Gasteiger partial charge in [-0.3, -0.25) is 19.4 Å². The molecule has 31 heavy (non-hydrogen) atoms. The number of carbonyl (C=O) groups is 3. The number of nitrogens with one attached hydrogen (secondary N) is 3. The maximum Gasteiger partial charge on any atom is 0.305 e. The van der Waals surface area contributed by atoms with E-state index in [9.17, 15) is 18.8 Å². The Morgan fingerprint density at radius 2 is 2.00 bits per heavy atom. The molecule has 0 unspecified atom stereocenters. The van der Waals surface area contributed by atoms with Gasteiger partial charge < -0.3 is 26.0 Å². The molecule has 1 aliphatic rings. The van der Waals surface area contributed by atoms with Gasteiger partial charge >= 0.3 is 5.97 Å². The summed E-state index contributed by atoms with van der Waals surface area (Å²) in [4.78, 5) is 41.9. The first-order valence-electron chi connectivity index (χ1n) is 9.88. The lowest BCUT2D eigenvalue weighted by atomic mass is 10.1. The Morgan fingerprint density at radius 3 is 2.68 bits per heavy atom. The number of amides is 2. The Morgan fingerprint density at radius 1 is 1.23 bits per heavy atom. The van der Waals surface area contributed by atoms with Crippen LogP contribution >= 0.6 is 0 Å². The molecular formula is C21H24FN5O4. The number of rotatable bonds is 8. The number of hydrogen-bond donors (Lipinski definition) is 4. The van der Waals surface area contributed by atoms with Crippen LogP contribution in [-0.2, 0) is 9.59 Å². The molecule has 3 rings (SSSR count). The summed E-state index contributed by atoms with van der Waals surface area (Å²) in [6.45, 7) is 2.66. The number of carboxylic acid groups (broad SMARTS) is 1. The standard InChI is InChI=1S/C21H24FN5O4/c22-17-4-3-15(27-8-6-23-7-9-27)10-16(17)21(31)25-13-19(28)26-18(11-20(29)30)14-2-1-5-24-12-14/h1-5,10,12,18,23H,6-9,11,13H2,(H,25,31)(H,26,28)(H,29,30)/t18-/m0/s1. The minimum atomic E-state index is -1.09. The van der Waals surface area contributed by atoms with Crippen LogP contribution in [0.4, 0.5) is 10.1 Å². The van der Waals surface area contributed by atoms with Crippen molar-refractivity contribution in [3.63, 3.8) is 0 Å². The van der Waals surface area contributed by atoms with Crippen LogP contribution in [0.5, 0.6) is 0 Å². The number of halogens is 1. The Balaban J connectivity index is 1.61. The van der Waals surface area contributed by atoms with Crippen LogP contribution < -0.4 is 20.9 Å². The third-order valence-corrected chi connectivity index (χ3v) is 4.89. The number of benzene rings is 1. The van der Waals surface area contributed by atoms with Crippen LogP contribution in [0.15, 0.2) is 42.7 Å². The van der Waals surface area contributed by atoms with Crippen molar-refractivity contribution in [3.05, 3.63) is 59.7 Å². The number of pyridine rings is 1. The topological polar surface area (TPSA) is 124 Å². The summed E-state index contributed by atoms with van der Waals surface area (Å²) in [5, 5.41) is 17.3. The van der Waals surface area contributed by atoms with Crippen LogP contribution in [0.2, 0.25) is 0 Å². The van der Waals surface area contributed by atoms with E-state index < -0.39 is 36.2 Å². The highest BCUT2D eigenvalue weighted by molar-refractivity contribution is 5.97. The molecule has 9 nitrogen and oxygen atoms in total. The number of piperazine rings is 1. The Labute approximate surface area is 178 Å². The number of aromatic nitrogens is 1. The lowest BCUT2D eigenvalue weighted by Crippen LogP contribution is -2.43. The molecule has 1 aromatic carbocycles. The third-order valence-electron chi connectivity index (χ3n) is 4.89. The van der Waals surface area contributed by atoms with E-state index >= 15 is 0 Å². The summed E-state index contributed by atoms with van der Waals surface area (Å²) in [5.74, 6) is -3.09. The van der Waals surface area contributed by atoms with Crippen LogP contribution in [-0.4, -0.2) is 60.6 Å². The van der Waals surface area contributed by atoms with Gasteiger partial charge in [0.15, 0.2) is 0 Å². The van der Waals surface area contributed by atoms with Gasteiger partial charge in [-0.15, -0.1) is 0 Å². The van der Waals surface area contributed by atoms with Crippen molar-refractivity contribution in [2.24, 2.45) is 0 Å². The van der Waals surface area contributed by atoms with Crippen molar-refractivity contribution in [1.29, 1.82) is 0 Å². The van der Waals surface area contributed by atoms with E-state index in [0.717, 1.165) is 31.9 Å². The molecule has 0 spiro atoms. The molecule has 2 heterocycles. The number of hydrogen-bond acceptors (Lipinski definition) is 6. The van der Waals surface area contributed by atoms with Gasteiger partial charge in [-0.05, 0) is 29.8 Å². The van der Waals surface area contributed by atoms with Gasteiger partial charge in [0.25, 0.3) is 5.91 Å². The van der Waals surface area contributed by atoms with Gasteiger partial charge in [0, 0.05) is 44.3 Å². The quantitative estimate of drug-likeness (QED) is 0.487. The molecule has 1 atom stereocenters. The summed E-state index contributed by atoms with van der Waals surface area (Å²) in [6, 6.07) is 6.80. The number of carbonyl (C=O) groups excluding carboxylic acids is 2. The predicted molar refractivity (Wildman–Crippen MR) is 111 cm³/mol. The van der Waals surface area contributed by atoms with Crippen molar-refractivity contribution in [1.82, 2.24) is 20.9 Å². The van der Waals surface area contributed by atoms with E-state index in [-0.39, 0.29) is 12.0 Å². The van der Waals surface area contributed by atoms with Gasteiger partial charge in [-0.1, -0.05) is 6.07 Å². The number of anilines is 1. The fourth-order valence-corrected chi connectivity index (χ4v) is 3.32. The van der Waals surface area contributed by atoms with Gasteiger partial charge in [0.1, 0.15) is 5.82 Å². The maximum atomic E-state index is 14.2. The van der Waals surface area contributed by atoms with E-state index in [0.29, 0.717) is 5.56 Å². The lowest BCUT2D eigenvalue weighted by molar-refractivity contribution is -0.137. The summed E-state index contributed by atoms with van der Waals surface area (Å²) in [6.07, 6.45) is 2.66.